The van der Waals surface area contributed by atoms with Crippen molar-refractivity contribution in [2.75, 3.05) is 5.32 Å². The van der Waals surface area contributed by atoms with Crippen LogP contribution in [0.5, 0.6) is 0 Å². The molecule has 3 aromatic rings. The summed E-state index contributed by atoms with van der Waals surface area (Å²) in [5.41, 5.74) is 3.94. The zero-order chi connectivity index (χ0) is 14.8. The number of hydrogen-bond acceptors (Lipinski definition) is 3. The molecule has 106 valence electrons. The van der Waals surface area contributed by atoms with E-state index in [1.807, 2.05) is 24.3 Å². The minimum atomic E-state index is -1.05. The van der Waals surface area contributed by atoms with E-state index in [0.717, 1.165) is 16.6 Å². The molecule has 0 aliphatic rings. The molecule has 0 amide bonds. The Hall–Kier alpha value is -2.75. The molecule has 0 saturated heterocycles. The number of carbonyl (C=O) groups is 1. The molecule has 0 radical (unpaired) electrons. The van der Waals surface area contributed by atoms with E-state index in [1.165, 1.54) is 5.56 Å². The average molecular weight is 281 g/mol. The van der Waals surface area contributed by atoms with E-state index < -0.39 is 5.97 Å². The molecular formula is C17H15NO3. The van der Waals surface area contributed by atoms with E-state index in [9.17, 15) is 4.79 Å². The van der Waals surface area contributed by atoms with Gasteiger partial charge in [0.2, 0.25) is 5.76 Å². The number of carboxylic acids is 1. The summed E-state index contributed by atoms with van der Waals surface area (Å²) < 4.78 is 5.24. The van der Waals surface area contributed by atoms with Crippen molar-refractivity contribution >= 4 is 22.6 Å². The highest BCUT2D eigenvalue weighted by atomic mass is 16.4. The van der Waals surface area contributed by atoms with Gasteiger partial charge in [0.25, 0.3) is 0 Å². The van der Waals surface area contributed by atoms with Crippen molar-refractivity contribution in [3.8, 4) is 0 Å². The average Bonchev–Trinajstić information content (AvgIpc) is 2.90. The van der Waals surface area contributed by atoms with Gasteiger partial charge in [0, 0.05) is 17.6 Å². The van der Waals surface area contributed by atoms with Crippen molar-refractivity contribution in [1.29, 1.82) is 0 Å². The van der Waals surface area contributed by atoms with Gasteiger partial charge in [0.05, 0.1) is 0 Å². The van der Waals surface area contributed by atoms with Crippen molar-refractivity contribution in [3.05, 3.63) is 65.4 Å². The van der Waals surface area contributed by atoms with Gasteiger partial charge in [-0.1, -0.05) is 23.8 Å². The third-order valence-electron chi connectivity index (χ3n) is 3.34. The molecule has 0 atom stereocenters. The van der Waals surface area contributed by atoms with Crippen molar-refractivity contribution in [2.24, 2.45) is 0 Å². The molecule has 0 spiro atoms. The van der Waals surface area contributed by atoms with Crippen LogP contribution in [0.15, 0.2) is 52.9 Å². The van der Waals surface area contributed by atoms with E-state index in [2.05, 4.69) is 24.4 Å². The minimum absolute atomic E-state index is 0.0337. The van der Waals surface area contributed by atoms with Gasteiger partial charge in [-0.2, -0.15) is 0 Å². The number of aryl methyl sites for hydroxylation is 1. The second-order valence-corrected chi connectivity index (χ2v) is 5.01. The number of rotatable bonds is 4. The third-order valence-corrected chi connectivity index (χ3v) is 3.34. The van der Waals surface area contributed by atoms with Crippen LogP contribution in [0.2, 0.25) is 0 Å². The molecule has 2 N–H and O–H groups in total. The lowest BCUT2D eigenvalue weighted by atomic mass is 10.1. The SMILES string of the molecule is Cc1ccc(NCc2ccc3oc(C(=O)O)cc3c2)cc1. The van der Waals surface area contributed by atoms with Gasteiger partial charge < -0.3 is 14.8 Å². The number of carboxylic acid groups (broad SMARTS) is 1. The molecule has 4 nitrogen and oxygen atoms in total. The summed E-state index contributed by atoms with van der Waals surface area (Å²) in [5.74, 6) is -1.08. The second-order valence-electron chi connectivity index (χ2n) is 5.01. The Morgan fingerprint density at radius 1 is 1.14 bits per heavy atom. The van der Waals surface area contributed by atoms with E-state index in [4.69, 9.17) is 9.52 Å². The van der Waals surface area contributed by atoms with E-state index in [0.29, 0.717) is 12.1 Å². The Morgan fingerprint density at radius 3 is 2.62 bits per heavy atom. The van der Waals surface area contributed by atoms with Gasteiger partial charge in [0.1, 0.15) is 5.58 Å². The van der Waals surface area contributed by atoms with Crippen LogP contribution in [0.4, 0.5) is 5.69 Å². The Balaban J connectivity index is 1.77. The second kappa shape index (κ2) is 5.32. The molecule has 0 unspecified atom stereocenters. The van der Waals surface area contributed by atoms with Crippen LogP contribution in [0.25, 0.3) is 11.0 Å². The summed E-state index contributed by atoms with van der Waals surface area (Å²) in [5, 5.41) is 13.1. The first kappa shape index (κ1) is 13.2. The largest absolute Gasteiger partial charge is 0.475 e. The Kier molecular flexibility index (Phi) is 3.36. The maximum Gasteiger partial charge on any atom is 0.371 e. The van der Waals surface area contributed by atoms with Crippen LogP contribution in [-0.4, -0.2) is 11.1 Å². The molecule has 2 aromatic carbocycles. The molecule has 0 fully saturated rings. The summed E-state index contributed by atoms with van der Waals surface area (Å²) in [4.78, 5) is 10.9. The maximum absolute atomic E-state index is 10.9. The first-order valence-corrected chi connectivity index (χ1v) is 6.68. The molecule has 3 rings (SSSR count). The third kappa shape index (κ3) is 2.89. The molecular weight excluding hydrogens is 266 g/mol. The predicted molar refractivity (Wildman–Crippen MR) is 81.7 cm³/mol. The zero-order valence-corrected chi connectivity index (χ0v) is 11.6. The van der Waals surface area contributed by atoms with Gasteiger partial charge in [-0.25, -0.2) is 4.79 Å². The van der Waals surface area contributed by atoms with Crippen molar-refractivity contribution in [3.63, 3.8) is 0 Å². The standard InChI is InChI=1S/C17H15NO3/c1-11-2-5-14(6-3-11)18-10-12-4-7-15-13(8-12)9-16(21-15)17(19)20/h2-9,18H,10H2,1H3,(H,19,20). The topological polar surface area (TPSA) is 62.5 Å². The van der Waals surface area contributed by atoms with Gasteiger partial charge in [0.15, 0.2) is 0 Å². The number of anilines is 1. The summed E-state index contributed by atoms with van der Waals surface area (Å²) in [7, 11) is 0. The minimum Gasteiger partial charge on any atom is -0.475 e. The fourth-order valence-corrected chi connectivity index (χ4v) is 2.18. The van der Waals surface area contributed by atoms with Crippen LogP contribution in [0.1, 0.15) is 21.7 Å². The monoisotopic (exact) mass is 281 g/mol. The van der Waals surface area contributed by atoms with E-state index in [-0.39, 0.29) is 5.76 Å². The highest BCUT2D eigenvalue weighted by molar-refractivity contribution is 5.91. The first-order valence-electron chi connectivity index (χ1n) is 6.68. The molecule has 1 aromatic heterocycles. The van der Waals surface area contributed by atoms with Gasteiger partial charge in [-0.05, 0) is 42.8 Å². The number of aromatic carboxylic acids is 1. The highest BCUT2D eigenvalue weighted by Crippen LogP contribution is 2.21. The molecule has 0 aliphatic heterocycles. The Morgan fingerprint density at radius 2 is 1.90 bits per heavy atom. The van der Waals surface area contributed by atoms with E-state index >= 15 is 0 Å². The first-order chi connectivity index (χ1) is 10.1. The number of benzene rings is 2. The van der Waals surface area contributed by atoms with Gasteiger partial charge >= 0.3 is 5.97 Å². The number of nitrogens with one attached hydrogen (secondary N) is 1. The summed E-state index contributed by atoms with van der Waals surface area (Å²) in [6.07, 6.45) is 0. The summed E-state index contributed by atoms with van der Waals surface area (Å²) in [6.45, 7) is 2.73. The van der Waals surface area contributed by atoms with E-state index in [1.54, 1.807) is 12.1 Å². The highest BCUT2D eigenvalue weighted by Gasteiger charge is 2.10. The lowest BCUT2D eigenvalue weighted by molar-refractivity contribution is 0.0665. The van der Waals surface area contributed by atoms with Crippen molar-refractivity contribution < 1.29 is 14.3 Å². The van der Waals surface area contributed by atoms with Crippen LogP contribution >= 0.6 is 0 Å². The normalized spacial score (nSPS) is 10.7. The lowest BCUT2D eigenvalue weighted by Crippen LogP contribution is -1.98. The Labute approximate surface area is 122 Å². The molecule has 21 heavy (non-hydrogen) atoms. The zero-order valence-electron chi connectivity index (χ0n) is 11.6. The number of furan rings is 1. The maximum atomic E-state index is 10.9. The molecule has 0 bridgehead atoms. The van der Waals surface area contributed by atoms with Gasteiger partial charge in [-0.15, -0.1) is 0 Å². The summed E-state index contributed by atoms with van der Waals surface area (Å²) in [6, 6.07) is 15.4. The molecule has 0 saturated carbocycles. The van der Waals surface area contributed by atoms with Crippen LogP contribution in [0, 0.1) is 6.92 Å². The van der Waals surface area contributed by atoms with Crippen LogP contribution < -0.4 is 5.32 Å². The van der Waals surface area contributed by atoms with Crippen LogP contribution in [-0.2, 0) is 6.54 Å². The fourth-order valence-electron chi connectivity index (χ4n) is 2.18. The fraction of sp³-hybridized carbons (Fsp3) is 0.118. The molecule has 1 heterocycles. The molecule has 0 aliphatic carbocycles. The molecule has 4 heteroatoms. The number of fused-ring (bicyclic) bond motifs is 1. The number of hydrogen-bond donors (Lipinski definition) is 2. The van der Waals surface area contributed by atoms with Gasteiger partial charge in [-0.3, -0.25) is 0 Å². The quantitative estimate of drug-likeness (QED) is 0.757. The predicted octanol–water partition coefficient (Wildman–Crippen LogP) is 4.05. The smallest absolute Gasteiger partial charge is 0.371 e. The van der Waals surface area contributed by atoms with Crippen LogP contribution in [0.3, 0.4) is 0 Å². The van der Waals surface area contributed by atoms with Crippen molar-refractivity contribution in [1.82, 2.24) is 0 Å². The lowest BCUT2D eigenvalue weighted by Gasteiger charge is -2.06. The Bertz CT molecular complexity index is 787. The summed E-state index contributed by atoms with van der Waals surface area (Å²) >= 11 is 0. The van der Waals surface area contributed by atoms with Crippen molar-refractivity contribution in [2.45, 2.75) is 13.5 Å².